The third-order valence-corrected chi connectivity index (χ3v) is 2.49. The van der Waals surface area contributed by atoms with Crippen molar-refractivity contribution < 1.29 is 9.90 Å². The maximum atomic E-state index is 10.7. The van der Waals surface area contributed by atoms with E-state index < -0.39 is 11.5 Å². The van der Waals surface area contributed by atoms with Crippen LogP contribution in [0.25, 0.3) is 0 Å². The average Bonchev–Trinajstić information content (AvgIpc) is 2.07. The molecule has 16 heavy (non-hydrogen) atoms. The van der Waals surface area contributed by atoms with Gasteiger partial charge in [-0.3, -0.25) is 4.79 Å². The lowest BCUT2D eigenvalue weighted by atomic mass is 9.99. The Kier molecular flexibility index (Phi) is 3.81. The summed E-state index contributed by atoms with van der Waals surface area (Å²) in [6.07, 6.45) is 0.0646. The minimum absolute atomic E-state index is 0.0646. The Hall–Kier alpha value is -1.22. The Labute approximate surface area is 100 Å². The zero-order chi connectivity index (χ0) is 12.3. The molecule has 88 valence electrons. The van der Waals surface area contributed by atoms with Gasteiger partial charge in [-0.25, -0.2) is 0 Å². The fourth-order valence-corrected chi connectivity index (χ4v) is 1.78. The molecule has 4 heteroatoms. The summed E-state index contributed by atoms with van der Waals surface area (Å²) in [5.74, 6) is -0.816. The predicted molar refractivity (Wildman–Crippen MR) is 66.1 cm³/mol. The highest BCUT2D eigenvalue weighted by molar-refractivity contribution is 6.30. The second-order valence-electron chi connectivity index (χ2n) is 4.54. The zero-order valence-corrected chi connectivity index (χ0v) is 10.4. The molecule has 0 atom stereocenters. The lowest BCUT2D eigenvalue weighted by Gasteiger charge is -2.26. The van der Waals surface area contributed by atoms with Gasteiger partial charge in [0.15, 0.2) is 0 Å². The first-order valence-electron chi connectivity index (χ1n) is 5.06. The van der Waals surface area contributed by atoms with Crippen LogP contribution in [0.3, 0.4) is 0 Å². The molecule has 1 aromatic carbocycles. The van der Waals surface area contributed by atoms with Crippen molar-refractivity contribution in [1.29, 1.82) is 0 Å². The van der Waals surface area contributed by atoms with Crippen LogP contribution in [0, 0.1) is 6.92 Å². The van der Waals surface area contributed by atoms with E-state index in [-0.39, 0.29) is 6.42 Å². The molecule has 0 aromatic heterocycles. The number of benzene rings is 1. The van der Waals surface area contributed by atoms with Gasteiger partial charge in [0.05, 0.1) is 6.42 Å². The molecule has 0 fully saturated rings. The first-order chi connectivity index (χ1) is 7.30. The number of carboxylic acids is 1. The molecule has 2 N–H and O–H groups in total. The largest absolute Gasteiger partial charge is 0.481 e. The first-order valence-corrected chi connectivity index (χ1v) is 5.44. The van der Waals surface area contributed by atoms with Crippen LogP contribution in [0.4, 0.5) is 5.69 Å². The minimum atomic E-state index is -0.816. The van der Waals surface area contributed by atoms with Gasteiger partial charge in [0.2, 0.25) is 0 Å². The summed E-state index contributed by atoms with van der Waals surface area (Å²) in [5, 5.41) is 12.7. The number of carbonyl (C=O) groups is 1. The van der Waals surface area contributed by atoms with Gasteiger partial charge < -0.3 is 10.4 Å². The zero-order valence-electron chi connectivity index (χ0n) is 9.67. The molecule has 0 unspecified atom stereocenters. The van der Waals surface area contributed by atoms with E-state index in [0.717, 1.165) is 11.3 Å². The number of hydrogen-bond acceptors (Lipinski definition) is 2. The summed E-state index contributed by atoms with van der Waals surface area (Å²) >= 11 is 5.85. The molecule has 0 heterocycles. The smallest absolute Gasteiger partial charge is 0.305 e. The summed E-state index contributed by atoms with van der Waals surface area (Å²) in [5.41, 5.74) is 1.44. The number of rotatable bonds is 4. The van der Waals surface area contributed by atoms with Gasteiger partial charge in [-0.1, -0.05) is 11.6 Å². The first kappa shape index (κ1) is 12.8. The third-order valence-electron chi connectivity index (χ3n) is 2.25. The molecule has 3 nitrogen and oxygen atoms in total. The molecular weight excluding hydrogens is 226 g/mol. The van der Waals surface area contributed by atoms with Crippen molar-refractivity contribution in [3.63, 3.8) is 0 Å². The van der Waals surface area contributed by atoms with E-state index in [1.54, 1.807) is 6.07 Å². The van der Waals surface area contributed by atoms with Gasteiger partial charge in [0.25, 0.3) is 0 Å². The summed E-state index contributed by atoms with van der Waals surface area (Å²) < 4.78 is 0. The van der Waals surface area contributed by atoms with Crippen LogP contribution >= 0.6 is 11.6 Å². The highest BCUT2D eigenvalue weighted by atomic mass is 35.5. The number of aryl methyl sites for hydroxylation is 1. The Bertz CT molecular complexity index is 402. The third kappa shape index (κ3) is 3.74. The van der Waals surface area contributed by atoms with Crippen LogP contribution in [0.2, 0.25) is 5.02 Å². The van der Waals surface area contributed by atoms with Crippen molar-refractivity contribution in [2.45, 2.75) is 32.7 Å². The molecule has 1 rings (SSSR count). The molecule has 0 spiro atoms. The molecule has 0 aliphatic carbocycles. The Morgan fingerprint density at radius 2 is 2.12 bits per heavy atom. The molecule has 0 bridgehead atoms. The molecule has 0 radical (unpaired) electrons. The monoisotopic (exact) mass is 241 g/mol. The summed E-state index contributed by atoms with van der Waals surface area (Å²) in [6, 6.07) is 5.50. The maximum absolute atomic E-state index is 10.7. The number of carboxylic acid groups (broad SMARTS) is 1. The summed E-state index contributed by atoms with van der Waals surface area (Å²) in [7, 11) is 0. The van der Waals surface area contributed by atoms with E-state index in [1.165, 1.54) is 0 Å². The second-order valence-corrected chi connectivity index (χ2v) is 4.98. The number of aliphatic carboxylic acids is 1. The molecule has 0 saturated carbocycles. The molecule has 1 aromatic rings. The van der Waals surface area contributed by atoms with E-state index >= 15 is 0 Å². The minimum Gasteiger partial charge on any atom is -0.481 e. The second kappa shape index (κ2) is 4.74. The number of nitrogens with one attached hydrogen (secondary N) is 1. The van der Waals surface area contributed by atoms with Crippen molar-refractivity contribution in [3.8, 4) is 0 Å². The number of halogens is 1. The van der Waals surface area contributed by atoms with Gasteiger partial charge in [-0.15, -0.1) is 0 Å². The van der Waals surface area contributed by atoms with Crippen LogP contribution < -0.4 is 5.32 Å². The van der Waals surface area contributed by atoms with E-state index in [2.05, 4.69) is 5.32 Å². The molecular formula is C12H16ClNO2. The van der Waals surface area contributed by atoms with Gasteiger partial charge in [0.1, 0.15) is 0 Å². The van der Waals surface area contributed by atoms with Gasteiger partial charge in [-0.05, 0) is 44.5 Å². The normalized spacial score (nSPS) is 11.2. The van der Waals surface area contributed by atoms with Crippen molar-refractivity contribution in [3.05, 3.63) is 28.8 Å². The SMILES string of the molecule is Cc1cc(Cl)ccc1NC(C)(C)CC(=O)O. The van der Waals surface area contributed by atoms with Crippen LogP contribution in [0.5, 0.6) is 0 Å². The maximum Gasteiger partial charge on any atom is 0.305 e. The lowest BCUT2D eigenvalue weighted by molar-refractivity contribution is -0.137. The number of hydrogen-bond donors (Lipinski definition) is 2. The Balaban J connectivity index is 2.83. The molecule has 0 aliphatic rings. The highest BCUT2D eigenvalue weighted by Gasteiger charge is 2.21. The van der Waals surface area contributed by atoms with E-state index in [1.807, 2.05) is 32.9 Å². The standard InChI is InChI=1S/C12H16ClNO2/c1-8-6-9(13)4-5-10(8)14-12(2,3)7-11(15)16/h4-6,14H,7H2,1-3H3,(H,15,16). The lowest BCUT2D eigenvalue weighted by Crippen LogP contribution is -2.33. The quantitative estimate of drug-likeness (QED) is 0.850. The Morgan fingerprint density at radius 3 is 2.62 bits per heavy atom. The fourth-order valence-electron chi connectivity index (χ4n) is 1.55. The van der Waals surface area contributed by atoms with Gasteiger partial charge >= 0.3 is 5.97 Å². The molecule has 0 amide bonds. The van der Waals surface area contributed by atoms with Crippen molar-refractivity contribution in [1.82, 2.24) is 0 Å². The van der Waals surface area contributed by atoms with Crippen LogP contribution in [0.1, 0.15) is 25.8 Å². The fraction of sp³-hybridized carbons (Fsp3) is 0.417. The van der Waals surface area contributed by atoms with Gasteiger partial charge in [-0.2, -0.15) is 0 Å². The summed E-state index contributed by atoms with van der Waals surface area (Å²) in [4.78, 5) is 10.7. The van der Waals surface area contributed by atoms with Crippen molar-refractivity contribution in [2.75, 3.05) is 5.32 Å². The van der Waals surface area contributed by atoms with Crippen molar-refractivity contribution >= 4 is 23.3 Å². The molecule has 0 saturated heterocycles. The number of anilines is 1. The van der Waals surface area contributed by atoms with Crippen LogP contribution in [-0.4, -0.2) is 16.6 Å². The van der Waals surface area contributed by atoms with Crippen molar-refractivity contribution in [2.24, 2.45) is 0 Å². The van der Waals surface area contributed by atoms with Crippen LogP contribution in [0.15, 0.2) is 18.2 Å². The van der Waals surface area contributed by atoms with Crippen LogP contribution in [-0.2, 0) is 4.79 Å². The summed E-state index contributed by atoms with van der Waals surface area (Å²) in [6.45, 7) is 5.65. The Morgan fingerprint density at radius 1 is 1.50 bits per heavy atom. The van der Waals surface area contributed by atoms with E-state index in [4.69, 9.17) is 16.7 Å². The van der Waals surface area contributed by atoms with E-state index in [9.17, 15) is 4.79 Å². The topological polar surface area (TPSA) is 49.3 Å². The average molecular weight is 242 g/mol. The highest BCUT2D eigenvalue weighted by Crippen LogP contribution is 2.24. The van der Waals surface area contributed by atoms with E-state index in [0.29, 0.717) is 5.02 Å². The molecule has 0 aliphatic heterocycles. The van der Waals surface area contributed by atoms with Gasteiger partial charge in [0, 0.05) is 16.2 Å². The predicted octanol–water partition coefficient (Wildman–Crippen LogP) is 3.31.